The lowest BCUT2D eigenvalue weighted by Gasteiger charge is -2.38. The summed E-state index contributed by atoms with van der Waals surface area (Å²) in [7, 11) is 0. The van der Waals surface area contributed by atoms with E-state index in [1.807, 2.05) is 0 Å². The van der Waals surface area contributed by atoms with Crippen molar-refractivity contribution in [3.8, 4) is 0 Å². The molecule has 3 rings (SSSR count). The Morgan fingerprint density at radius 2 is 2.14 bits per heavy atom. The molecule has 2 heterocycles. The van der Waals surface area contributed by atoms with E-state index in [2.05, 4.69) is 15.5 Å². The molecule has 0 aromatic carbocycles. The van der Waals surface area contributed by atoms with E-state index in [1.54, 1.807) is 0 Å². The molecule has 11 heteroatoms. The van der Waals surface area contributed by atoms with E-state index in [4.69, 9.17) is 39.5 Å². The molecule has 0 amide bonds. The van der Waals surface area contributed by atoms with E-state index in [0.717, 1.165) is 30.6 Å². The molecule has 1 aromatic heterocycles. The molecule has 0 radical (unpaired) electrons. The van der Waals surface area contributed by atoms with Crippen molar-refractivity contribution in [1.82, 2.24) is 20.2 Å². The molecule has 2 aliphatic rings. The van der Waals surface area contributed by atoms with E-state index in [9.17, 15) is 10.0 Å². The summed E-state index contributed by atoms with van der Waals surface area (Å²) in [5.74, 6) is -0.426. The van der Waals surface area contributed by atoms with Gasteiger partial charge in [0.15, 0.2) is 5.01 Å². The molecule has 2 fully saturated rings. The summed E-state index contributed by atoms with van der Waals surface area (Å²) in [4.78, 5) is 12.0. The standard InChI is InChI=1S/C11H13Cl3N4O3S/c12-11(13,14)9-16-17-10(22-9)18(20)5-15-4-7(18)21-8(19)6-2-1-3-6/h6-7,15H,1-5H2. The Kier molecular flexibility index (Phi) is 4.54. The monoisotopic (exact) mass is 386 g/mol. The summed E-state index contributed by atoms with van der Waals surface area (Å²) in [6, 6.07) is 0. The van der Waals surface area contributed by atoms with Gasteiger partial charge in [-0.15, -0.1) is 5.10 Å². The smallest absolute Gasteiger partial charge is 0.313 e. The van der Waals surface area contributed by atoms with E-state index in [1.165, 1.54) is 0 Å². The molecule has 1 aliphatic heterocycles. The third kappa shape index (κ3) is 3.06. The van der Waals surface area contributed by atoms with Gasteiger partial charge in [0.2, 0.25) is 3.79 Å². The Balaban J connectivity index is 1.77. The molecule has 1 saturated heterocycles. The molecule has 22 heavy (non-hydrogen) atoms. The Morgan fingerprint density at radius 3 is 2.68 bits per heavy atom. The zero-order valence-corrected chi connectivity index (χ0v) is 14.4. The lowest BCUT2D eigenvalue weighted by atomic mass is 9.86. The number of nitrogens with one attached hydrogen (secondary N) is 1. The van der Waals surface area contributed by atoms with Gasteiger partial charge >= 0.3 is 11.1 Å². The largest absolute Gasteiger partial charge is 0.622 e. The first-order valence-electron chi connectivity index (χ1n) is 6.72. The lowest BCUT2D eigenvalue weighted by molar-refractivity contribution is -0.161. The van der Waals surface area contributed by atoms with Crippen LogP contribution in [0.3, 0.4) is 0 Å². The Bertz CT molecular complexity index is 577. The number of nitrogens with zero attached hydrogens (tertiary/aromatic N) is 3. The fraction of sp³-hybridized carbons (Fsp3) is 0.727. The molecule has 0 bridgehead atoms. The number of halogens is 3. The predicted molar refractivity (Wildman–Crippen MR) is 84.4 cm³/mol. The zero-order valence-electron chi connectivity index (χ0n) is 11.3. The van der Waals surface area contributed by atoms with Crippen molar-refractivity contribution in [2.24, 2.45) is 5.92 Å². The van der Waals surface area contributed by atoms with Gasteiger partial charge in [-0.2, -0.15) is 0 Å². The summed E-state index contributed by atoms with van der Waals surface area (Å²) in [5, 5.41) is 23.7. The molecule has 1 aromatic rings. The van der Waals surface area contributed by atoms with Crippen LogP contribution in [0.25, 0.3) is 0 Å². The minimum atomic E-state index is -1.74. The third-order valence-electron chi connectivity index (χ3n) is 3.80. The SMILES string of the molecule is O=C(OC1CNC[N+]1([O-])c1nnc(C(Cl)(Cl)Cl)s1)C1CCC1. The van der Waals surface area contributed by atoms with Crippen LogP contribution in [0.4, 0.5) is 5.13 Å². The molecule has 1 aliphatic carbocycles. The first kappa shape index (κ1) is 16.6. The van der Waals surface area contributed by atoms with Crippen LogP contribution >= 0.6 is 46.1 Å². The van der Waals surface area contributed by atoms with Crippen molar-refractivity contribution < 1.29 is 9.53 Å². The molecular formula is C11H13Cl3N4O3S. The topological polar surface area (TPSA) is 87.2 Å². The summed E-state index contributed by atoms with van der Waals surface area (Å²) in [5.41, 5.74) is 0. The third-order valence-corrected chi connectivity index (χ3v) is 5.83. The number of hydrogen-bond donors (Lipinski definition) is 1. The van der Waals surface area contributed by atoms with Crippen LogP contribution < -0.4 is 9.96 Å². The number of hydrogen-bond acceptors (Lipinski definition) is 7. The van der Waals surface area contributed by atoms with Gasteiger partial charge in [0.1, 0.15) is 6.67 Å². The number of carbonyl (C=O) groups excluding carboxylic acids is 1. The van der Waals surface area contributed by atoms with Gasteiger partial charge in [-0.05, 0) is 24.2 Å². The number of alkyl halides is 3. The van der Waals surface area contributed by atoms with Crippen molar-refractivity contribution in [3.63, 3.8) is 0 Å². The Labute approximate surface area is 145 Å². The van der Waals surface area contributed by atoms with Crippen LogP contribution in [0.15, 0.2) is 0 Å². The molecule has 122 valence electrons. The highest BCUT2D eigenvalue weighted by atomic mass is 35.6. The summed E-state index contributed by atoms with van der Waals surface area (Å²) >= 11 is 18.1. The van der Waals surface area contributed by atoms with Crippen molar-refractivity contribution in [3.05, 3.63) is 10.2 Å². The van der Waals surface area contributed by atoms with Gasteiger partial charge in [0.05, 0.1) is 12.5 Å². The maximum Gasteiger partial charge on any atom is 0.313 e. The normalized spacial score (nSPS) is 29.4. The van der Waals surface area contributed by atoms with E-state index in [-0.39, 0.29) is 35.2 Å². The van der Waals surface area contributed by atoms with Gasteiger partial charge in [0, 0.05) is 0 Å². The fourth-order valence-corrected chi connectivity index (χ4v) is 3.53. The number of carbonyl (C=O) groups is 1. The van der Waals surface area contributed by atoms with Gasteiger partial charge in [-0.25, -0.2) is 0 Å². The summed E-state index contributed by atoms with van der Waals surface area (Å²) < 4.78 is 2.70. The predicted octanol–water partition coefficient (Wildman–Crippen LogP) is 2.40. The van der Waals surface area contributed by atoms with Crippen LogP contribution in [-0.4, -0.2) is 35.6 Å². The number of rotatable bonds is 3. The zero-order chi connectivity index (χ0) is 16.0. The van der Waals surface area contributed by atoms with Gasteiger partial charge in [0.25, 0.3) is 6.23 Å². The quantitative estimate of drug-likeness (QED) is 0.371. The number of quaternary nitrogens is 1. The average Bonchev–Trinajstić information content (AvgIpc) is 2.95. The number of ether oxygens (including phenoxy) is 1. The molecule has 7 nitrogen and oxygen atoms in total. The highest BCUT2D eigenvalue weighted by molar-refractivity contribution is 7.16. The second-order valence-corrected chi connectivity index (χ2v) is 8.55. The van der Waals surface area contributed by atoms with Crippen LogP contribution in [0.1, 0.15) is 24.3 Å². The van der Waals surface area contributed by atoms with Gasteiger partial charge in [-0.1, -0.05) is 46.3 Å². The van der Waals surface area contributed by atoms with Crippen LogP contribution in [0, 0.1) is 11.1 Å². The molecule has 0 spiro atoms. The highest BCUT2D eigenvalue weighted by Crippen LogP contribution is 2.43. The fourth-order valence-electron chi connectivity index (χ4n) is 2.28. The maximum absolute atomic E-state index is 13.0. The van der Waals surface area contributed by atoms with Crippen molar-refractivity contribution in [2.75, 3.05) is 13.2 Å². The minimum absolute atomic E-state index is 0.0249. The second kappa shape index (κ2) is 6.01. The summed E-state index contributed by atoms with van der Waals surface area (Å²) in [6.07, 6.45) is 1.75. The molecule has 2 atom stereocenters. The van der Waals surface area contributed by atoms with Crippen LogP contribution in [-0.2, 0) is 13.3 Å². The van der Waals surface area contributed by atoms with E-state index < -0.39 is 14.7 Å². The molecule has 2 unspecified atom stereocenters. The summed E-state index contributed by atoms with van der Waals surface area (Å²) in [6.45, 7) is 0.280. The highest BCUT2D eigenvalue weighted by Gasteiger charge is 2.44. The van der Waals surface area contributed by atoms with Gasteiger partial charge < -0.3 is 9.94 Å². The molecule has 1 saturated carbocycles. The van der Waals surface area contributed by atoms with Crippen molar-refractivity contribution in [1.29, 1.82) is 0 Å². The van der Waals surface area contributed by atoms with E-state index >= 15 is 0 Å². The number of hydroxylamine groups is 2. The average molecular weight is 388 g/mol. The first-order valence-corrected chi connectivity index (χ1v) is 8.67. The Morgan fingerprint density at radius 1 is 1.41 bits per heavy atom. The van der Waals surface area contributed by atoms with Crippen LogP contribution in [0.5, 0.6) is 0 Å². The van der Waals surface area contributed by atoms with Crippen LogP contribution in [0.2, 0.25) is 0 Å². The number of aromatic nitrogens is 2. The van der Waals surface area contributed by atoms with E-state index in [0.29, 0.717) is 0 Å². The van der Waals surface area contributed by atoms with Crippen molar-refractivity contribution in [2.45, 2.75) is 29.3 Å². The Hall–Kier alpha value is -0.220. The first-order chi connectivity index (χ1) is 10.3. The second-order valence-electron chi connectivity index (χ2n) is 5.31. The van der Waals surface area contributed by atoms with Crippen molar-refractivity contribution >= 4 is 57.2 Å². The maximum atomic E-state index is 13.0. The molecule has 1 N–H and O–H groups in total. The molecular weight excluding hydrogens is 375 g/mol. The lowest BCUT2D eigenvalue weighted by Crippen LogP contribution is -2.51. The van der Waals surface area contributed by atoms with Gasteiger partial charge in [-0.3, -0.25) is 14.8 Å². The minimum Gasteiger partial charge on any atom is -0.622 e. The number of esters is 1.